The maximum atomic E-state index is 6.12. The highest BCUT2D eigenvalue weighted by atomic mass is 32.1. The number of hydrogen-bond acceptors (Lipinski definition) is 4. The molecule has 3 rings (SSSR count). The van der Waals surface area contributed by atoms with Gasteiger partial charge in [-0.3, -0.25) is 0 Å². The zero-order valence-corrected chi connectivity index (χ0v) is 14.3. The molecule has 6 heteroatoms. The molecule has 0 radical (unpaired) electrons. The molecule has 2 heterocycles. The molecular weight excluding hydrogens is 295 g/mol. The number of rotatable bonds is 3. The SMILES string of the molecule is CC1(C)OB(C(=Cc2cccc3[nH]cnc23)CS)OC1(C)C. The molecule has 1 fully saturated rings. The number of imidazole rings is 1. The van der Waals surface area contributed by atoms with E-state index in [1.807, 2.05) is 18.2 Å². The molecule has 1 aromatic carbocycles. The summed E-state index contributed by atoms with van der Waals surface area (Å²) in [5, 5.41) is 0. The summed E-state index contributed by atoms with van der Waals surface area (Å²) in [5.74, 6) is 0.567. The molecule has 0 spiro atoms. The third-order valence-corrected chi connectivity index (χ3v) is 4.93. The minimum atomic E-state index is -0.378. The van der Waals surface area contributed by atoms with E-state index in [-0.39, 0.29) is 18.3 Å². The second kappa shape index (κ2) is 5.44. The van der Waals surface area contributed by atoms with Gasteiger partial charge >= 0.3 is 7.12 Å². The zero-order valence-electron chi connectivity index (χ0n) is 13.4. The Bertz CT molecular complexity index is 708. The fourth-order valence-corrected chi connectivity index (χ4v) is 2.73. The van der Waals surface area contributed by atoms with E-state index in [1.54, 1.807) is 6.33 Å². The third kappa shape index (κ3) is 2.60. The van der Waals surface area contributed by atoms with Crippen LogP contribution in [0.25, 0.3) is 17.1 Å². The summed E-state index contributed by atoms with van der Waals surface area (Å²) in [4.78, 5) is 7.51. The van der Waals surface area contributed by atoms with Gasteiger partial charge in [0.2, 0.25) is 0 Å². The van der Waals surface area contributed by atoms with Crippen LogP contribution in [-0.2, 0) is 9.31 Å². The lowest BCUT2D eigenvalue weighted by Crippen LogP contribution is -2.41. The van der Waals surface area contributed by atoms with Gasteiger partial charge < -0.3 is 14.3 Å². The molecule has 1 aromatic heterocycles. The van der Waals surface area contributed by atoms with Crippen LogP contribution in [0.5, 0.6) is 0 Å². The predicted molar refractivity (Wildman–Crippen MR) is 94.0 cm³/mol. The van der Waals surface area contributed by atoms with E-state index in [0.717, 1.165) is 22.1 Å². The summed E-state index contributed by atoms with van der Waals surface area (Å²) in [6.45, 7) is 8.21. The summed E-state index contributed by atoms with van der Waals surface area (Å²) in [7, 11) is -0.378. The van der Waals surface area contributed by atoms with Crippen molar-refractivity contribution in [2.24, 2.45) is 0 Å². The fourth-order valence-electron chi connectivity index (χ4n) is 2.49. The van der Waals surface area contributed by atoms with Crippen LogP contribution >= 0.6 is 12.6 Å². The van der Waals surface area contributed by atoms with Crippen molar-refractivity contribution >= 4 is 36.9 Å². The lowest BCUT2D eigenvalue weighted by molar-refractivity contribution is 0.00578. The minimum absolute atomic E-state index is 0.349. The number of thiol groups is 1. The van der Waals surface area contributed by atoms with E-state index in [1.165, 1.54) is 0 Å². The van der Waals surface area contributed by atoms with Gasteiger partial charge in [0, 0.05) is 11.3 Å². The first-order chi connectivity index (χ1) is 10.3. The molecule has 0 atom stereocenters. The average molecular weight is 316 g/mol. The molecule has 0 aliphatic carbocycles. The maximum Gasteiger partial charge on any atom is 0.491 e. The first-order valence-corrected chi connectivity index (χ1v) is 8.06. The van der Waals surface area contributed by atoms with E-state index >= 15 is 0 Å². The molecular formula is C16H21BN2O2S. The van der Waals surface area contributed by atoms with Gasteiger partial charge in [-0.1, -0.05) is 18.2 Å². The van der Waals surface area contributed by atoms with E-state index in [4.69, 9.17) is 9.31 Å². The highest BCUT2D eigenvalue weighted by Crippen LogP contribution is 2.39. The fraction of sp³-hybridized carbons (Fsp3) is 0.438. The molecule has 1 N–H and O–H groups in total. The van der Waals surface area contributed by atoms with E-state index in [2.05, 4.69) is 56.4 Å². The maximum absolute atomic E-state index is 6.12. The quantitative estimate of drug-likeness (QED) is 0.673. The van der Waals surface area contributed by atoms with Gasteiger partial charge in [0.25, 0.3) is 0 Å². The number of para-hydroxylation sites is 1. The van der Waals surface area contributed by atoms with Gasteiger partial charge in [0.05, 0.1) is 28.6 Å². The Balaban J connectivity index is 1.97. The molecule has 116 valence electrons. The highest BCUT2D eigenvalue weighted by Gasteiger charge is 2.52. The van der Waals surface area contributed by atoms with Crippen molar-refractivity contribution in [3.8, 4) is 0 Å². The summed E-state index contributed by atoms with van der Waals surface area (Å²) in [6, 6.07) is 6.05. The summed E-state index contributed by atoms with van der Waals surface area (Å²) in [5.41, 5.74) is 3.30. The Kier molecular flexibility index (Phi) is 3.87. The largest absolute Gasteiger partial charge is 0.491 e. The van der Waals surface area contributed by atoms with E-state index in [0.29, 0.717) is 5.75 Å². The molecule has 1 aliphatic rings. The zero-order chi connectivity index (χ0) is 16.0. The van der Waals surface area contributed by atoms with Crippen LogP contribution in [0, 0.1) is 0 Å². The van der Waals surface area contributed by atoms with Crippen LogP contribution in [0.3, 0.4) is 0 Å². The van der Waals surface area contributed by atoms with Crippen molar-refractivity contribution in [1.29, 1.82) is 0 Å². The van der Waals surface area contributed by atoms with Crippen molar-refractivity contribution in [3.63, 3.8) is 0 Å². The van der Waals surface area contributed by atoms with Crippen molar-refractivity contribution < 1.29 is 9.31 Å². The van der Waals surface area contributed by atoms with Gasteiger partial charge in [-0.25, -0.2) is 4.98 Å². The summed E-state index contributed by atoms with van der Waals surface area (Å²) >= 11 is 4.46. The highest BCUT2D eigenvalue weighted by molar-refractivity contribution is 7.80. The van der Waals surface area contributed by atoms with Gasteiger partial charge in [0.1, 0.15) is 0 Å². The number of fused-ring (bicyclic) bond motifs is 1. The Morgan fingerprint density at radius 3 is 2.59 bits per heavy atom. The summed E-state index contributed by atoms with van der Waals surface area (Å²) < 4.78 is 12.2. The monoisotopic (exact) mass is 316 g/mol. The number of nitrogens with zero attached hydrogens (tertiary/aromatic N) is 1. The van der Waals surface area contributed by atoms with Crippen molar-refractivity contribution in [3.05, 3.63) is 35.6 Å². The average Bonchev–Trinajstić information content (AvgIpc) is 2.99. The molecule has 0 amide bonds. The van der Waals surface area contributed by atoms with Crippen LogP contribution in [0.4, 0.5) is 0 Å². The lowest BCUT2D eigenvalue weighted by atomic mass is 9.78. The topological polar surface area (TPSA) is 47.1 Å². The molecule has 4 nitrogen and oxygen atoms in total. The van der Waals surface area contributed by atoms with Crippen LogP contribution in [0.1, 0.15) is 33.3 Å². The molecule has 0 bridgehead atoms. The van der Waals surface area contributed by atoms with Gasteiger partial charge in [-0.15, -0.1) is 0 Å². The molecule has 22 heavy (non-hydrogen) atoms. The second-order valence-electron chi connectivity index (χ2n) is 6.61. The Morgan fingerprint density at radius 1 is 1.27 bits per heavy atom. The Morgan fingerprint density at radius 2 is 1.95 bits per heavy atom. The van der Waals surface area contributed by atoms with Crippen LogP contribution < -0.4 is 0 Å². The smallest absolute Gasteiger partial charge is 0.400 e. The summed E-state index contributed by atoms with van der Waals surface area (Å²) in [6.07, 6.45) is 3.77. The van der Waals surface area contributed by atoms with Crippen LogP contribution in [0.15, 0.2) is 30.0 Å². The molecule has 0 saturated carbocycles. The minimum Gasteiger partial charge on any atom is -0.400 e. The number of benzene rings is 1. The van der Waals surface area contributed by atoms with Gasteiger partial charge in [0.15, 0.2) is 0 Å². The van der Waals surface area contributed by atoms with Gasteiger partial charge in [-0.05, 0) is 39.2 Å². The van der Waals surface area contributed by atoms with Crippen molar-refractivity contribution in [1.82, 2.24) is 9.97 Å². The van der Waals surface area contributed by atoms with Crippen molar-refractivity contribution in [2.75, 3.05) is 5.75 Å². The number of hydrogen-bond donors (Lipinski definition) is 2. The number of nitrogens with one attached hydrogen (secondary N) is 1. The molecule has 2 aromatic rings. The number of aromatic nitrogens is 2. The lowest BCUT2D eigenvalue weighted by Gasteiger charge is -2.32. The standard InChI is InChI=1S/C16H21BN2O2S/c1-15(2)16(3,4)21-17(20-15)12(9-22)8-11-6-5-7-13-14(11)19-10-18-13/h5-8,10,22H,9H2,1-4H3,(H,18,19). The second-order valence-corrected chi connectivity index (χ2v) is 6.93. The third-order valence-electron chi connectivity index (χ3n) is 4.56. The first-order valence-electron chi connectivity index (χ1n) is 7.43. The Hall–Kier alpha value is -1.24. The first kappa shape index (κ1) is 15.7. The van der Waals surface area contributed by atoms with Crippen LogP contribution in [0.2, 0.25) is 0 Å². The Labute approximate surface area is 136 Å². The van der Waals surface area contributed by atoms with E-state index in [9.17, 15) is 0 Å². The molecule has 0 unspecified atom stereocenters. The molecule has 1 saturated heterocycles. The number of H-pyrrole nitrogens is 1. The molecule has 1 aliphatic heterocycles. The number of aromatic amines is 1. The normalized spacial score (nSPS) is 20.8. The van der Waals surface area contributed by atoms with Gasteiger partial charge in [-0.2, -0.15) is 12.6 Å². The van der Waals surface area contributed by atoms with Crippen molar-refractivity contribution in [2.45, 2.75) is 38.9 Å². The van der Waals surface area contributed by atoms with Crippen LogP contribution in [-0.4, -0.2) is 34.0 Å². The van der Waals surface area contributed by atoms with E-state index < -0.39 is 0 Å². The predicted octanol–water partition coefficient (Wildman–Crippen LogP) is 3.51.